The third-order valence-corrected chi connectivity index (χ3v) is 6.86. The third kappa shape index (κ3) is 4.73. The number of hydrogen-bond donors (Lipinski definition) is 1. The molecule has 9 heteroatoms. The third-order valence-electron chi connectivity index (χ3n) is 6.21. The number of carbonyl (C=O) groups excluding carboxylic acids is 1. The number of rotatable bonds is 9. The minimum absolute atomic E-state index is 0.0990. The van der Waals surface area contributed by atoms with Crippen molar-refractivity contribution in [2.75, 3.05) is 26.2 Å². The molecule has 2 aromatic carbocycles. The van der Waals surface area contributed by atoms with Crippen LogP contribution in [0.5, 0.6) is 11.5 Å². The van der Waals surface area contributed by atoms with E-state index in [-0.39, 0.29) is 18.4 Å². The number of ether oxygens (including phenoxy) is 2. The van der Waals surface area contributed by atoms with Gasteiger partial charge in [-0.15, -0.1) is 0 Å². The van der Waals surface area contributed by atoms with Crippen LogP contribution in [0.25, 0.3) is 22.0 Å². The van der Waals surface area contributed by atoms with Crippen LogP contribution in [0.1, 0.15) is 29.4 Å². The minimum Gasteiger partial charge on any atom is -0.493 e. The molecule has 0 aliphatic heterocycles. The molecule has 2 aromatic heterocycles. The SMILES string of the molecule is COc1ccc2c(C)c(CC(=O)N[C@H](CCSC)c3nc4ccccc4n3C)c(=O)oc2c1OC. The number of amides is 1. The number of thioether (sulfide) groups is 1. The molecular weight excluding hydrogens is 466 g/mol. The van der Waals surface area contributed by atoms with E-state index >= 15 is 0 Å². The fraction of sp³-hybridized carbons (Fsp3) is 0.346. The summed E-state index contributed by atoms with van der Waals surface area (Å²) in [6, 6.07) is 11.1. The van der Waals surface area contributed by atoms with Gasteiger partial charge in [0, 0.05) is 12.4 Å². The number of imidazole rings is 1. The Balaban J connectivity index is 1.65. The first-order valence-electron chi connectivity index (χ1n) is 11.3. The van der Waals surface area contributed by atoms with Crippen LogP contribution in [0.15, 0.2) is 45.6 Å². The highest BCUT2D eigenvalue weighted by Crippen LogP contribution is 2.36. The van der Waals surface area contributed by atoms with Gasteiger partial charge in [-0.1, -0.05) is 12.1 Å². The molecule has 0 spiro atoms. The van der Waals surface area contributed by atoms with Crippen LogP contribution in [-0.2, 0) is 18.3 Å². The summed E-state index contributed by atoms with van der Waals surface area (Å²) in [7, 11) is 4.96. The maximum atomic E-state index is 13.2. The van der Waals surface area contributed by atoms with Crippen LogP contribution in [0, 0.1) is 6.92 Å². The van der Waals surface area contributed by atoms with E-state index in [4.69, 9.17) is 18.9 Å². The first-order valence-corrected chi connectivity index (χ1v) is 12.7. The van der Waals surface area contributed by atoms with Gasteiger partial charge in [-0.25, -0.2) is 9.78 Å². The van der Waals surface area contributed by atoms with E-state index in [0.717, 1.165) is 22.6 Å². The summed E-state index contributed by atoms with van der Waals surface area (Å²) in [5.41, 5.74) is 2.60. The van der Waals surface area contributed by atoms with E-state index in [2.05, 4.69) is 5.32 Å². The number of carbonyl (C=O) groups is 1. The summed E-state index contributed by atoms with van der Waals surface area (Å²) in [4.78, 5) is 30.8. The van der Waals surface area contributed by atoms with Gasteiger partial charge in [0.1, 0.15) is 5.82 Å². The van der Waals surface area contributed by atoms with Gasteiger partial charge in [0.15, 0.2) is 11.3 Å². The lowest BCUT2D eigenvalue weighted by Gasteiger charge is -2.19. The van der Waals surface area contributed by atoms with Gasteiger partial charge < -0.3 is 23.8 Å². The van der Waals surface area contributed by atoms with Gasteiger partial charge in [-0.05, 0) is 55.2 Å². The van der Waals surface area contributed by atoms with Gasteiger partial charge in [-0.3, -0.25) is 4.79 Å². The molecule has 0 saturated carbocycles. The Bertz CT molecular complexity index is 1440. The lowest BCUT2D eigenvalue weighted by atomic mass is 10.0. The normalized spacial score (nSPS) is 12.1. The van der Waals surface area contributed by atoms with Crippen molar-refractivity contribution in [2.45, 2.75) is 25.8 Å². The smallest absolute Gasteiger partial charge is 0.340 e. The highest BCUT2D eigenvalue weighted by molar-refractivity contribution is 7.98. The van der Waals surface area contributed by atoms with Crippen molar-refractivity contribution in [1.29, 1.82) is 0 Å². The van der Waals surface area contributed by atoms with Crippen LogP contribution in [0.3, 0.4) is 0 Å². The molecule has 0 bridgehead atoms. The number of methoxy groups -OCH3 is 2. The number of para-hydroxylation sites is 2. The molecule has 184 valence electrons. The number of benzene rings is 2. The van der Waals surface area contributed by atoms with E-state index in [1.807, 2.05) is 49.1 Å². The van der Waals surface area contributed by atoms with Crippen LogP contribution >= 0.6 is 11.8 Å². The molecule has 0 aliphatic rings. The van der Waals surface area contributed by atoms with Gasteiger partial charge in [0.25, 0.3) is 0 Å². The lowest BCUT2D eigenvalue weighted by molar-refractivity contribution is -0.121. The molecule has 4 rings (SSSR count). The van der Waals surface area contributed by atoms with Gasteiger partial charge >= 0.3 is 5.63 Å². The Morgan fingerprint density at radius 1 is 1.20 bits per heavy atom. The van der Waals surface area contributed by atoms with Crippen LogP contribution < -0.4 is 20.4 Å². The summed E-state index contributed by atoms with van der Waals surface area (Å²) in [6.07, 6.45) is 2.64. The predicted octanol–water partition coefficient (Wildman–Crippen LogP) is 4.16. The van der Waals surface area contributed by atoms with Crippen LogP contribution in [-0.4, -0.2) is 41.7 Å². The summed E-state index contributed by atoms with van der Waals surface area (Å²) < 4.78 is 18.3. The maximum absolute atomic E-state index is 13.2. The molecule has 0 fully saturated rings. The minimum atomic E-state index is -0.569. The number of nitrogens with zero attached hydrogens (tertiary/aromatic N) is 2. The molecule has 0 saturated heterocycles. The standard InChI is InChI=1S/C26H29N3O5S/c1-15-16-10-11-21(32-3)24(33-4)23(16)34-26(31)17(15)14-22(30)27-19(12-13-35-5)25-28-18-8-6-7-9-20(18)29(25)2/h6-11,19H,12-14H2,1-5H3,(H,27,30)/t19-/m1/s1. The van der Waals surface area contributed by atoms with Crippen molar-refractivity contribution >= 4 is 39.7 Å². The Kier molecular flexibility index (Phi) is 7.35. The molecule has 1 N–H and O–H groups in total. The number of aromatic nitrogens is 2. The first-order chi connectivity index (χ1) is 16.9. The molecule has 1 atom stereocenters. The largest absolute Gasteiger partial charge is 0.493 e. The molecule has 1 amide bonds. The van der Waals surface area contributed by atoms with Crippen LogP contribution in [0.4, 0.5) is 0 Å². The van der Waals surface area contributed by atoms with E-state index in [1.54, 1.807) is 23.9 Å². The van der Waals surface area contributed by atoms with Gasteiger partial charge in [-0.2, -0.15) is 11.8 Å². The van der Waals surface area contributed by atoms with Crippen molar-refractivity contribution in [3.05, 3.63) is 63.8 Å². The molecule has 8 nitrogen and oxygen atoms in total. The average Bonchev–Trinajstić information content (AvgIpc) is 3.20. The predicted molar refractivity (Wildman–Crippen MR) is 139 cm³/mol. The quantitative estimate of drug-likeness (QED) is 0.348. The van der Waals surface area contributed by atoms with Crippen LogP contribution in [0.2, 0.25) is 0 Å². The molecule has 35 heavy (non-hydrogen) atoms. The number of aryl methyl sites for hydroxylation is 2. The monoisotopic (exact) mass is 495 g/mol. The fourth-order valence-electron chi connectivity index (χ4n) is 4.35. The molecule has 2 heterocycles. The second-order valence-electron chi connectivity index (χ2n) is 8.27. The van der Waals surface area contributed by atoms with E-state index in [9.17, 15) is 9.59 Å². The topological polar surface area (TPSA) is 95.6 Å². The highest BCUT2D eigenvalue weighted by Gasteiger charge is 2.23. The summed E-state index contributed by atoms with van der Waals surface area (Å²) in [5, 5.41) is 3.79. The highest BCUT2D eigenvalue weighted by atomic mass is 32.2. The Morgan fingerprint density at radius 3 is 2.66 bits per heavy atom. The number of nitrogens with one attached hydrogen (secondary N) is 1. The van der Waals surface area contributed by atoms with Crippen molar-refractivity contribution in [2.24, 2.45) is 7.05 Å². The number of fused-ring (bicyclic) bond motifs is 2. The zero-order chi connectivity index (χ0) is 25.1. The second-order valence-corrected chi connectivity index (χ2v) is 9.25. The summed E-state index contributed by atoms with van der Waals surface area (Å²) in [6.45, 7) is 1.81. The summed E-state index contributed by atoms with van der Waals surface area (Å²) in [5.74, 6) is 2.19. The summed E-state index contributed by atoms with van der Waals surface area (Å²) >= 11 is 1.71. The van der Waals surface area contributed by atoms with Gasteiger partial charge in [0.05, 0.1) is 43.3 Å². The van der Waals surface area contributed by atoms with Crippen molar-refractivity contribution in [3.8, 4) is 11.5 Å². The Labute approximate surface area is 207 Å². The molecular formula is C26H29N3O5S. The molecule has 0 unspecified atom stereocenters. The zero-order valence-electron chi connectivity index (χ0n) is 20.5. The van der Waals surface area contributed by atoms with E-state index < -0.39 is 5.63 Å². The molecule has 0 aliphatic carbocycles. The Hall–Kier alpha value is -3.46. The Morgan fingerprint density at radius 2 is 1.97 bits per heavy atom. The van der Waals surface area contributed by atoms with Crippen molar-refractivity contribution in [3.63, 3.8) is 0 Å². The average molecular weight is 496 g/mol. The zero-order valence-corrected chi connectivity index (χ0v) is 21.3. The van der Waals surface area contributed by atoms with E-state index in [1.165, 1.54) is 14.2 Å². The fourth-order valence-corrected chi connectivity index (χ4v) is 4.82. The van der Waals surface area contributed by atoms with Crippen molar-refractivity contribution in [1.82, 2.24) is 14.9 Å². The maximum Gasteiger partial charge on any atom is 0.340 e. The first kappa shape index (κ1) is 24.7. The second kappa shape index (κ2) is 10.4. The van der Waals surface area contributed by atoms with Crippen molar-refractivity contribution < 1.29 is 18.7 Å². The molecule has 0 radical (unpaired) electrons. The van der Waals surface area contributed by atoms with Gasteiger partial charge in [0.2, 0.25) is 11.7 Å². The van der Waals surface area contributed by atoms with E-state index in [0.29, 0.717) is 40.0 Å². The number of hydrogen-bond acceptors (Lipinski definition) is 7. The molecule has 4 aromatic rings. The lowest BCUT2D eigenvalue weighted by Crippen LogP contribution is -2.33.